The first-order valence-electron chi connectivity index (χ1n) is 9.35. The monoisotopic (exact) mass is 359 g/mol. The fourth-order valence-corrected chi connectivity index (χ4v) is 3.71. The molecule has 0 saturated carbocycles. The van der Waals surface area contributed by atoms with Gasteiger partial charge in [-0.15, -0.1) is 0 Å². The first kappa shape index (κ1) is 18.5. The maximum atomic E-state index is 12.9. The summed E-state index contributed by atoms with van der Waals surface area (Å²) in [4.78, 5) is 30.7. The third-order valence-electron chi connectivity index (χ3n) is 5.53. The minimum Gasteiger partial charge on any atom is -0.369 e. The maximum absolute atomic E-state index is 12.9. The normalized spacial score (nSPS) is 24.4. The van der Waals surface area contributed by atoms with E-state index in [2.05, 4.69) is 22.2 Å². The van der Waals surface area contributed by atoms with Crippen molar-refractivity contribution in [2.24, 2.45) is 11.7 Å². The predicted octanol–water partition coefficient (Wildman–Crippen LogP) is 1.56. The summed E-state index contributed by atoms with van der Waals surface area (Å²) in [6.07, 6.45) is 1.54. The Morgan fingerprint density at radius 2 is 1.81 bits per heavy atom. The number of anilines is 2. The molecule has 3 amide bonds. The molecule has 1 aromatic carbocycles. The Bertz CT molecular complexity index is 657. The number of likely N-dealkylation sites (N-methyl/N-ethyl adjacent to an activating group) is 1. The summed E-state index contributed by atoms with van der Waals surface area (Å²) in [7, 11) is 2.12. The standard InChI is InChI=1S/C19H29N5O2/c1-14-7-8-15(18(20)25)13-24(14)19(26)21-16-5-3-4-6-17(16)23-11-9-22(2)10-12-23/h3-6,14-15H,7-13H2,1-2H3,(H2,20,25)(H,21,26)/t14-,15-/m0/s1. The summed E-state index contributed by atoms with van der Waals surface area (Å²) in [5, 5.41) is 3.06. The summed E-state index contributed by atoms with van der Waals surface area (Å²) in [5.74, 6) is -0.586. The van der Waals surface area contributed by atoms with Gasteiger partial charge < -0.3 is 25.8 Å². The molecule has 142 valence electrons. The molecular formula is C19H29N5O2. The molecular weight excluding hydrogens is 330 g/mol. The van der Waals surface area contributed by atoms with Gasteiger partial charge in [0.15, 0.2) is 0 Å². The number of primary amides is 1. The molecule has 7 heteroatoms. The van der Waals surface area contributed by atoms with Crippen molar-refractivity contribution in [1.29, 1.82) is 0 Å². The highest BCUT2D eigenvalue weighted by atomic mass is 16.2. The van der Waals surface area contributed by atoms with E-state index < -0.39 is 0 Å². The van der Waals surface area contributed by atoms with E-state index in [0.717, 1.165) is 50.4 Å². The van der Waals surface area contributed by atoms with Crippen LogP contribution in [-0.2, 0) is 4.79 Å². The van der Waals surface area contributed by atoms with Crippen LogP contribution < -0.4 is 16.0 Å². The molecule has 2 aliphatic rings. The number of nitrogens with one attached hydrogen (secondary N) is 1. The zero-order valence-corrected chi connectivity index (χ0v) is 15.6. The van der Waals surface area contributed by atoms with E-state index in [1.807, 2.05) is 31.2 Å². The number of para-hydroxylation sites is 2. The van der Waals surface area contributed by atoms with Crippen LogP contribution in [0.4, 0.5) is 16.2 Å². The zero-order valence-electron chi connectivity index (χ0n) is 15.6. The molecule has 0 bridgehead atoms. The van der Waals surface area contributed by atoms with E-state index in [-0.39, 0.29) is 23.9 Å². The lowest BCUT2D eigenvalue weighted by molar-refractivity contribution is -0.123. The number of nitrogens with two attached hydrogens (primary N) is 1. The molecule has 0 aromatic heterocycles. The first-order valence-corrected chi connectivity index (χ1v) is 9.35. The largest absolute Gasteiger partial charge is 0.369 e. The molecule has 2 aliphatic heterocycles. The average Bonchev–Trinajstić information content (AvgIpc) is 2.63. The number of carbonyl (C=O) groups excluding carboxylic acids is 2. The van der Waals surface area contributed by atoms with Gasteiger partial charge in [0.25, 0.3) is 0 Å². The fourth-order valence-electron chi connectivity index (χ4n) is 3.71. The van der Waals surface area contributed by atoms with E-state index in [9.17, 15) is 9.59 Å². The van der Waals surface area contributed by atoms with Crippen LogP contribution in [-0.4, -0.2) is 67.6 Å². The quantitative estimate of drug-likeness (QED) is 0.858. The van der Waals surface area contributed by atoms with E-state index in [1.54, 1.807) is 4.90 Å². The average molecular weight is 359 g/mol. The van der Waals surface area contributed by atoms with Gasteiger partial charge in [0.2, 0.25) is 5.91 Å². The van der Waals surface area contributed by atoms with Gasteiger partial charge >= 0.3 is 6.03 Å². The summed E-state index contributed by atoms with van der Waals surface area (Å²) < 4.78 is 0. The first-order chi connectivity index (χ1) is 12.5. The summed E-state index contributed by atoms with van der Waals surface area (Å²) in [6.45, 7) is 6.29. The van der Waals surface area contributed by atoms with Crippen LogP contribution in [0, 0.1) is 5.92 Å². The van der Waals surface area contributed by atoms with Crippen molar-refractivity contribution in [3.8, 4) is 0 Å². The van der Waals surface area contributed by atoms with Crippen molar-refractivity contribution in [3.05, 3.63) is 24.3 Å². The minimum absolute atomic E-state index is 0.0985. The van der Waals surface area contributed by atoms with Gasteiger partial charge in [0.1, 0.15) is 0 Å². The molecule has 0 spiro atoms. The highest BCUT2D eigenvalue weighted by Crippen LogP contribution is 2.28. The number of rotatable bonds is 3. The third-order valence-corrected chi connectivity index (χ3v) is 5.53. The van der Waals surface area contributed by atoms with Crippen LogP contribution in [0.1, 0.15) is 19.8 Å². The molecule has 2 heterocycles. The van der Waals surface area contributed by atoms with Crippen molar-refractivity contribution in [1.82, 2.24) is 9.80 Å². The molecule has 3 N–H and O–H groups in total. The molecule has 1 aromatic rings. The Labute approximate surface area is 155 Å². The fraction of sp³-hybridized carbons (Fsp3) is 0.579. The van der Waals surface area contributed by atoms with E-state index in [1.165, 1.54) is 0 Å². The summed E-state index contributed by atoms with van der Waals surface area (Å²) in [6, 6.07) is 7.85. The summed E-state index contributed by atoms with van der Waals surface area (Å²) >= 11 is 0. The lowest BCUT2D eigenvalue weighted by atomic mass is 9.93. The molecule has 26 heavy (non-hydrogen) atoms. The lowest BCUT2D eigenvalue weighted by Crippen LogP contribution is -2.50. The zero-order chi connectivity index (χ0) is 18.7. The SMILES string of the molecule is C[C@H]1CC[C@H](C(N)=O)CN1C(=O)Nc1ccccc1N1CCN(C)CC1. The van der Waals surface area contributed by atoms with Crippen molar-refractivity contribution in [2.75, 3.05) is 50.0 Å². The van der Waals surface area contributed by atoms with Gasteiger partial charge in [-0.3, -0.25) is 4.79 Å². The van der Waals surface area contributed by atoms with Crippen LogP contribution in [0.25, 0.3) is 0 Å². The topological polar surface area (TPSA) is 81.9 Å². The van der Waals surface area contributed by atoms with Gasteiger partial charge in [-0.1, -0.05) is 12.1 Å². The Balaban J connectivity index is 1.72. The van der Waals surface area contributed by atoms with Crippen LogP contribution in [0.2, 0.25) is 0 Å². The number of hydrogen-bond acceptors (Lipinski definition) is 4. The van der Waals surface area contributed by atoms with Crippen LogP contribution in [0.3, 0.4) is 0 Å². The van der Waals surface area contributed by atoms with Gasteiger partial charge in [-0.25, -0.2) is 4.79 Å². The van der Waals surface area contributed by atoms with Crippen LogP contribution in [0.5, 0.6) is 0 Å². The maximum Gasteiger partial charge on any atom is 0.322 e. The van der Waals surface area contributed by atoms with Crippen molar-refractivity contribution >= 4 is 23.3 Å². The lowest BCUT2D eigenvalue weighted by Gasteiger charge is -2.38. The molecule has 3 rings (SSSR count). The molecule has 2 atom stereocenters. The van der Waals surface area contributed by atoms with E-state index in [4.69, 9.17) is 5.73 Å². The molecule has 7 nitrogen and oxygen atoms in total. The van der Waals surface area contributed by atoms with E-state index >= 15 is 0 Å². The number of nitrogens with zero attached hydrogens (tertiary/aromatic N) is 3. The molecule has 2 saturated heterocycles. The van der Waals surface area contributed by atoms with Crippen molar-refractivity contribution in [3.63, 3.8) is 0 Å². The number of piperidine rings is 1. The van der Waals surface area contributed by atoms with Gasteiger partial charge in [0, 0.05) is 38.8 Å². The van der Waals surface area contributed by atoms with Gasteiger partial charge in [-0.2, -0.15) is 0 Å². The number of piperazine rings is 1. The Hall–Kier alpha value is -2.28. The highest BCUT2D eigenvalue weighted by Gasteiger charge is 2.32. The predicted molar refractivity (Wildman–Crippen MR) is 103 cm³/mol. The molecule has 0 aliphatic carbocycles. The number of likely N-dealkylation sites (tertiary alicyclic amines) is 1. The van der Waals surface area contributed by atoms with Crippen LogP contribution in [0.15, 0.2) is 24.3 Å². The number of amides is 3. The summed E-state index contributed by atoms with van der Waals surface area (Å²) in [5.41, 5.74) is 7.31. The van der Waals surface area contributed by atoms with E-state index in [0.29, 0.717) is 6.54 Å². The number of hydrogen-bond donors (Lipinski definition) is 2. The van der Waals surface area contributed by atoms with Gasteiger partial charge in [-0.05, 0) is 38.9 Å². The Kier molecular flexibility index (Phi) is 5.66. The van der Waals surface area contributed by atoms with Gasteiger partial charge in [0.05, 0.1) is 17.3 Å². The third kappa shape index (κ3) is 4.09. The second kappa shape index (κ2) is 7.95. The van der Waals surface area contributed by atoms with Crippen LogP contribution >= 0.6 is 0 Å². The number of carbonyl (C=O) groups is 2. The number of urea groups is 1. The second-order valence-electron chi connectivity index (χ2n) is 7.42. The molecule has 0 radical (unpaired) electrons. The second-order valence-corrected chi connectivity index (χ2v) is 7.42. The van der Waals surface area contributed by atoms with Crippen molar-refractivity contribution < 1.29 is 9.59 Å². The molecule has 2 fully saturated rings. The Morgan fingerprint density at radius 3 is 2.50 bits per heavy atom. The minimum atomic E-state index is -0.326. The smallest absolute Gasteiger partial charge is 0.322 e. The molecule has 0 unspecified atom stereocenters. The van der Waals surface area contributed by atoms with Crippen molar-refractivity contribution in [2.45, 2.75) is 25.8 Å². The highest BCUT2D eigenvalue weighted by molar-refractivity contribution is 5.94. The number of benzene rings is 1. The Morgan fingerprint density at radius 1 is 1.12 bits per heavy atom.